The lowest BCUT2D eigenvalue weighted by atomic mass is 9.99. The normalized spacial score (nSPS) is 18.5. The number of likely N-dealkylation sites (tertiary alicyclic amines) is 1. The Bertz CT molecular complexity index is 729. The standard InChI is InChI=1S/C18H22FN3O2/c1-12-10-16(21-24-12)17-8-3-4-9-22(17)11-18(23)20-15-7-5-6-14(19)13(15)2/h5-7,10,17H,3-4,8-9,11H2,1-2H3,(H,20,23)/t17-/m0/s1. The number of piperidine rings is 1. The molecule has 1 aromatic carbocycles. The molecule has 1 aliphatic heterocycles. The molecule has 2 heterocycles. The number of carbonyl (C=O) groups is 1. The van der Waals surface area contributed by atoms with Crippen LogP contribution in [0.3, 0.4) is 0 Å². The summed E-state index contributed by atoms with van der Waals surface area (Å²) in [6.07, 6.45) is 3.12. The average molecular weight is 331 g/mol. The predicted molar refractivity (Wildman–Crippen MR) is 89.2 cm³/mol. The Morgan fingerprint density at radius 3 is 3.00 bits per heavy atom. The molecule has 3 rings (SSSR count). The highest BCUT2D eigenvalue weighted by Gasteiger charge is 2.28. The molecule has 5 nitrogen and oxygen atoms in total. The van der Waals surface area contributed by atoms with Crippen LogP contribution in [0.2, 0.25) is 0 Å². The molecule has 1 aromatic heterocycles. The number of benzene rings is 1. The molecule has 2 aromatic rings. The van der Waals surface area contributed by atoms with Crippen molar-refractivity contribution in [3.05, 3.63) is 47.1 Å². The second-order valence-electron chi connectivity index (χ2n) is 6.31. The van der Waals surface area contributed by atoms with Crippen LogP contribution in [-0.2, 0) is 4.79 Å². The Balaban J connectivity index is 1.68. The molecule has 0 unspecified atom stereocenters. The summed E-state index contributed by atoms with van der Waals surface area (Å²) in [5.41, 5.74) is 1.85. The first-order chi connectivity index (χ1) is 11.5. The molecule has 1 amide bonds. The quantitative estimate of drug-likeness (QED) is 0.930. The highest BCUT2D eigenvalue weighted by molar-refractivity contribution is 5.93. The van der Waals surface area contributed by atoms with Gasteiger partial charge in [-0.3, -0.25) is 9.69 Å². The van der Waals surface area contributed by atoms with Crippen molar-refractivity contribution in [3.63, 3.8) is 0 Å². The van der Waals surface area contributed by atoms with Crippen molar-refractivity contribution in [2.75, 3.05) is 18.4 Å². The zero-order chi connectivity index (χ0) is 17.1. The van der Waals surface area contributed by atoms with Crippen LogP contribution in [-0.4, -0.2) is 29.1 Å². The van der Waals surface area contributed by atoms with E-state index in [4.69, 9.17) is 4.52 Å². The van der Waals surface area contributed by atoms with Gasteiger partial charge in [0, 0.05) is 17.3 Å². The molecular weight excluding hydrogens is 309 g/mol. The largest absolute Gasteiger partial charge is 0.361 e. The summed E-state index contributed by atoms with van der Waals surface area (Å²) in [6.45, 7) is 4.62. The fraction of sp³-hybridized carbons (Fsp3) is 0.444. The summed E-state index contributed by atoms with van der Waals surface area (Å²) in [7, 11) is 0. The van der Waals surface area contributed by atoms with Crippen molar-refractivity contribution in [1.82, 2.24) is 10.1 Å². The summed E-state index contributed by atoms with van der Waals surface area (Å²) >= 11 is 0. The molecule has 0 saturated carbocycles. The summed E-state index contributed by atoms with van der Waals surface area (Å²) in [4.78, 5) is 14.5. The van der Waals surface area contributed by atoms with Gasteiger partial charge in [0.2, 0.25) is 5.91 Å². The number of aryl methyl sites for hydroxylation is 1. The monoisotopic (exact) mass is 331 g/mol. The number of carbonyl (C=O) groups excluding carboxylic acids is 1. The van der Waals surface area contributed by atoms with Crippen LogP contribution in [0.25, 0.3) is 0 Å². The lowest BCUT2D eigenvalue weighted by Gasteiger charge is -2.33. The van der Waals surface area contributed by atoms with Gasteiger partial charge in [-0.05, 0) is 45.4 Å². The number of nitrogens with zero attached hydrogens (tertiary/aromatic N) is 2. The smallest absolute Gasteiger partial charge is 0.238 e. The molecule has 6 heteroatoms. The lowest BCUT2D eigenvalue weighted by Crippen LogP contribution is -2.39. The van der Waals surface area contributed by atoms with Crippen molar-refractivity contribution >= 4 is 11.6 Å². The first-order valence-electron chi connectivity index (χ1n) is 8.27. The maximum atomic E-state index is 13.6. The van der Waals surface area contributed by atoms with E-state index in [0.717, 1.165) is 37.3 Å². The minimum Gasteiger partial charge on any atom is -0.361 e. The number of anilines is 1. The highest BCUT2D eigenvalue weighted by atomic mass is 19.1. The first-order valence-corrected chi connectivity index (χ1v) is 8.27. The number of aromatic nitrogens is 1. The van der Waals surface area contributed by atoms with E-state index in [1.54, 1.807) is 19.1 Å². The second kappa shape index (κ2) is 7.13. The Kier molecular flexibility index (Phi) is 4.94. The molecule has 1 fully saturated rings. The molecule has 1 atom stereocenters. The molecule has 0 spiro atoms. The van der Waals surface area contributed by atoms with E-state index in [1.165, 1.54) is 6.07 Å². The van der Waals surface area contributed by atoms with Crippen molar-refractivity contribution in [2.45, 2.75) is 39.2 Å². The zero-order valence-corrected chi connectivity index (χ0v) is 14.0. The summed E-state index contributed by atoms with van der Waals surface area (Å²) in [5, 5.41) is 6.92. The van der Waals surface area contributed by atoms with Crippen molar-refractivity contribution in [1.29, 1.82) is 0 Å². The maximum absolute atomic E-state index is 13.6. The first kappa shape index (κ1) is 16.6. The van der Waals surface area contributed by atoms with Gasteiger partial charge in [-0.2, -0.15) is 0 Å². The van der Waals surface area contributed by atoms with E-state index in [0.29, 0.717) is 11.3 Å². The van der Waals surface area contributed by atoms with Crippen molar-refractivity contribution in [2.24, 2.45) is 0 Å². The van der Waals surface area contributed by atoms with Crippen LogP contribution in [0.5, 0.6) is 0 Å². The molecule has 24 heavy (non-hydrogen) atoms. The van der Waals surface area contributed by atoms with Crippen LogP contribution < -0.4 is 5.32 Å². The molecule has 1 saturated heterocycles. The van der Waals surface area contributed by atoms with E-state index >= 15 is 0 Å². The van der Waals surface area contributed by atoms with Crippen LogP contribution in [0.4, 0.5) is 10.1 Å². The van der Waals surface area contributed by atoms with Gasteiger partial charge in [-0.25, -0.2) is 4.39 Å². The van der Waals surface area contributed by atoms with E-state index < -0.39 is 0 Å². The van der Waals surface area contributed by atoms with Crippen molar-refractivity contribution in [3.8, 4) is 0 Å². The molecule has 0 aliphatic carbocycles. The topological polar surface area (TPSA) is 58.4 Å². The number of hydrogen-bond acceptors (Lipinski definition) is 4. The fourth-order valence-corrected chi connectivity index (χ4v) is 3.17. The van der Waals surface area contributed by atoms with Crippen LogP contribution in [0, 0.1) is 19.7 Å². The van der Waals surface area contributed by atoms with Gasteiger partial charge >= 0.3 is 0 Å². The van der Waals surface area contributed by atoms with Gasteiger partial charge < -0.3 is 9.84 Å². The fourth-order valence-electron chi connectivity index (χ4n) is 3.17. The Labute approximate surface area is 140 Å². The van der Waals surface area contributed by atoms with E-state index in [-0.39, 0.29) is 24.3 Å². The molecule has 0 bridgehead atoms. The molecule has 0 radical (unpaired) electrons. The third kappa shape index (κ3) is 3.64. The number of rotatable bonds is 4. The van der Waals surface area contributed by atoms with Crippen molar-refractivity contribution < 1.29 is 13.7 Å². The van der Waals surface area contributed by atoms with Gasteiger partial charge in [-0.1, -0.05) is 17.6 Å². The lowest BCUT2D eigenvalue weighted by molar-refractivity contribution is -0.118. The number of halogens is 1. The van der Waals surface area contributed by atoms with Gasteiger partial charge in [0.15, 0.2) is 0 Å². The Morgan fingerprint density at radius 1 is 1.42 bits per heavy atom. The molecular formula is C18H22FN3O2. The minimum absolute atomic E-state index is 0.0931. The summed E-state index contributed by atoms with van der Waals surface area (Å²) in [5.74, 6) is 0.313. The second-order valence-corrected chi connectivity index (χ2v) is 6.31. The van der Waals surface area contributed by atoms with Gasteiger partial charge in [0.1, 0.15) is 17.3 Å². The molecule has 1 N–H and O–H groups in total. The van der Waals surface area contributed by atoms with Crippen LogP contribution in [0.1, 0.15) is 42.3 Å². The van der Waals surface area contributed by atoms with E-state index in [9.17, 15) is 9.18 Å². The number of hydrogen-bond donors (Lipinski definition) is 1. The third-order valence-electron chi connectivity index (χ3n) is 4.49. The third-order valence-corrected chi connectivity index (χ3v) is 4.49. The number of amides is 1. The predicted octanol–water partition coefficient (Wildman–Crippen LogP) is 3.60. The average Bonchev–Trinajstić information content (AvgIpc) is 2.99. The highest BCUT2D eigenvalue weighted by Crippen LogP contribution is 2.30. The van der Waals surface area contributed by atoms with Gasteiger partial charge in [0.25, 0.3) is 0 Å². The van der Waals surface area contributed by atoms with Crippen LogP contribution in [0.15, 0.2) is 28.8 Å². The summed E-state index contributed by atoms with van der Waals surface area (Å²) in [6, 6.07) is 6.72. The minimum atomic E-state index is -0.318. The molecule has 1 aliphatic rings. The number of nitrogens with one attached hydrogen (secondary N) is 1. The van der Waals surface area contributed by atoms with Gasteiger partial charge in [-0.15, -0.1) is 0 Å². The van der Waals surface area contributed by atoms with E-state index in [1.807, 2.05) is 13.0 Å². The van der Waals surface area contributed by atoms with E-state index in [2.05, 4.69) is 15.4 Å². The Hall–Kier alpha value is -2.21. The zero-order valence-electron chi connectivity index (χ0n) is 14.0. The Morgan fingerprint density at radius 2 is 2.25 bits per heavy atom. The van der Waals surface area contributed by atoms with Crippen LogP contribution >= 0.6 is 0 Å². The SMILES string of the molecule is Cc1cc([C@@H]2CCCCN2CC(=O)Nc2cccc(F)c2C)no1. The maximum Gasteiger partial charge on any atom is 0.238 e. The summed E-state index contributed by atoms with van der Waals surface area (Å²) < 4.78 is 18.8. The van der Waals surface area contributed by atoms with Gasteiger partial charge in [0.05, 0.1) is 12.6 Å². The molecule has 128 valence electrons.